The zero-order valence-electron chi connectivity index (χ0n) is 26.5. The molecule has 3 fully saturated rings. The number of hydrogen-bond donors (Lipinski definition) is 1. The molecule has 0 bridgehead atoms. The summed E-state index contributed by atoms with van der Waals surface area (Å²) in [5, 5.41) is 9.81. The van der Waals surface area contributed by atoms with Gasteiger partial charge in [0.15, 0.2) is 15.3 Å². The summed E-state index contributed by atoms with van der Waals surface area (Å²) >= 11 is 14.7. The quantitative estimate of drug-likeness (QED) is 0.124. The Morgan fingerprint density at radius 3 is 2.24 bits per heavy atom. The molecule has 10 nitrogen and oxygen atoms in total. The first-order valence-electron chi connectivity index (χ1n) is 16.3. The Labute approximate surface area is 299 Å². The number of aromatic nitrogens is 1. The summed E-state index contributed by atoms with van der Waals surface area (Å²) in [6.45, 7) is -0.442. The van der Waals surface area contributed by atoms with Gasteiger partial charge in [0.05, 0.1) is 29.1 Å². The highest BCUT2D eigenvalue weighted by Gasteiger charge is 2.77. The highest BCUT2D eigenvalue weighted by atomic mass is 35.5. The Kier molecular flexibility index (Phi) is 6.99. The van der Waals surface area contributed by atoms with Gasteiger partial charge in [-0.3, -0.25) is 24.1 Å². The zero-order valence-corrected chi connectivity index (χ0v) is 28.0. The first-order chi connectivity index (χ1) is 24.5. The van der Waals surface area contributed by atoms with Gasteiger partial charge in [0.2, 0.25) is 17.7 Å². The van der Waals surface area contributed by atoms with E-state index in [9.17, 15) is 28.7 Å². The van der Waals surface area contributed by atoms with Gasteiger partial charge >= 0.3 is 0 Å². The Hall–Kier alpha value is -5.10. The van der Waals surface area contributed by atoms with E-state index in [0.29, 0.717) is 33.8 Å². The number of allylic oxidation sites excluding steroid dienone is 2. The summed E-state index contributed by atoms with van der Waals surface area (Å²) in [7, 11) is 0. The number of rotatable bonds is 5. The molecule has 6 unspecified atom stereocenters. The number of anilines is 2. The average molecular weight is 727 g/mol. The number of alkyl halides is 2. The van der Waals surface area contributed by atoms with Gasteiger partial charge in [-0.05, 0) is 91.6 Å². The third-order valence-electron chi connectivity index (χ3n) is 10.7. The SMILES string of the molecule is O=C1C2CC=C3C(CC4(Cl)C(=O)N(c5ccc(F)cc5)C(=O)C4(Cl)C3c3ccc(CO)o3)C2C(=O)N1c1ccc(-c2nc3ccccc3o2)cc1. The van der Waals surface area contributed by atoms with Crippen LogP contribution < -0.4 is 9.80 Å². The molecule has 5 aromatic rings. The molecular weight excluding hydrogens is 700 g/mol. The van der Waals surface area contributed by atoms with Gasteiger partial charge in [-0.25, -0.2) is 14.3 Å². The molecule has 6 atom stereocenters. The monoisotopic (exact) mass is 725 g/mol. The van der Waals surface area contributed by atoms with Crippen molar-refractivity contribution in [3.05, 3.63) is 114 Å². The van der Waals surface area contributed by atoms with E-state index in [1.165, 1.54) is 18.2 Å². The summed E-state index contributed by atoms with van der Waals surface area (Å²) in [5.41, 5.74) is 2.95. The van der Waals surface area contributed by atoms with Crippen molar-refractivity contribution in [3.63, 3.8) is 0 Å². The van der Waals surface area contributed by atoms with Crippen LogP contribution >= 0.6 is 23.2 Å². The number of furan rings is 1. The van der Waals surface area contributed by atoms with Crippen LogP contribution in [0.4, 0.5) is 15.8 Å². The van der Waals surface area contributed by atoms with Crippen LogP contribution in [0.15, 0.2) is 105 Å². The fraction of sp³-hybridized carbons (Fsp3) is 0.237. The molecule has 2 aliphatic heterocycles. The molecule has 1 saturated carbocycles. The van der Waals surface area contributed by atoms with Crippen LogP contribution in [0, 0.1) is 23.6 Å². The smallest absolute Gasteiger partial charge is 0.258 e. The Bertz CT molecular complexity index is 2300. The molecule has 2 saturated heterocycles. The number of aliphatic hydroxyl groups excluding tert-OH is 1. The minimum Gasteiger partial charge on any atom is -0.463 e. The first kappa shape index (κ1) is 31.9. The van der Waals surface area contributed by atoms with E-state index in [1.54, 1.807) is 36.4 Å². The molecule has 3 aromatic carbocycles. The Balaban J connectivity index is 1.11. The van der Waals surface area contributed by atoms with Gasteiger partial charge in [-0.2, -0.15) is 0 Å². The molecule has 1 N–H and O–H groups in total. The normalized spacial score (nSPS) is 28.7. The second-order valence-corrected chi connectivity index (χ2v) is 14.5. The lowest BCUT2D eigenvalue weighted by atomic mass is 9.57. The first-order valence-corrected chi connectivity index (χ1v) is 17.1. The third kappa shape index (κ3) is 4.35. The number of imide groups is 2. The van der Waals surface area contributed by atoms with Crippen molar-refractivity contribution >= 4 is 69.3 Å². The van der Waals surface area contributed by atoms with Crippen molar-refractivity contribution in [1.29, 1.82) is 0 Å². The second-order valence-electron chi connectivity index (χ2n) is 13.3. The van der Waals surface area contributed by atoms with E-state index in [2.05, 4.69) is 4.98 Å². The topological polar surface area (TPSA) is 134 Å². The molecule has 0 spiro atoms. The van der Waals surface area contributed by atoms with Crippen molar-refractivity contribution in [3.8, 4) is 11.5 Å². The summed E-state index contributed by atoms with van der Waals surface area (Å²) < 4.78 is 25.7. The number of carbonyl (C=O) groups is 4. The number of aliphatic hydroxyl groups is 1. The lowest BCUT2D eigenvalue weighted by Gasteiger charge is -2.49. The maximum absolute atomic E-state index is 14.4. The lowest BCUT2D eigenvalue weighted by Crippen LogP contribution is -2.60. The summed E-state index contributed by atoms with van der Waals surface area (Å²) in [6, 6.07) is 22.0. The lowest BCUT2D eigenvalue weighted by molar-refractivity contribution is -0.125. The van der Waals surface area contributed by atoms with Crippen LogP contribution in [0.25, 0.3) is 22.6 Å². The van der Waals surface area contributed by atoms with Gasteiger partial charge in [0, 0.05) is 5.56 Å². The van der Waals surface area contributed by atoms with Gasteiger partial charge in [0.1, 0.15) is 29.5 Å². The molecule has 256 valence electrons. The summed E-state index contributed by atoms with van der Waals surface area (Å²) in [6.07, 6.45) is 1.72. The maximum Gasteiger partial charge on any atom is 0.258 e. The number of fused-ring (bicyclic) bond motifs is 5. The van der Waals surface area contributed by atoms with Crippen LogP contribution in [-0.4, -0.2) is 43.5 Å². The zero-order chi connectivity index (χ0) is 35.4. The third-order valence-corrected chi connectivity index (χ3v) is 12.1. The molecule has 51 heavy (non-hydrogen) atoms. The van der Waals surface area contributed by atoms with Gasteiger partial charge in [-0.15, -0.1) is 23.2 Å². The van der Waals surface area contributed by atoms with Gasteiger partial charge < -0.3 is 13.9 Å². The van der Waals surface area contributed by atoms with Crippen molar-refractivity contribution in [1.82, 2.24) is 4.98 Å². The molecule has 4 aliphatic rings. The van der Waals surface area contributed by atoms with E-state index in [4.69, 9.17) is 32.0 Å². The maximum atomic E-state index is 14.4. The standard InChI is InChI=1S/C38H26Cl2FN3O7/c39-37-17-26-24(31(29-16-13-23(18-45)50-29)38(37,40)36(49)44(35(37)48)22-11-7-20(41)8-12-22)14-15-25-30(26)34(47)43(33(25)46)21-9-5-19(6-10-21)32-42-27-3-1-2-4-28(27)51-32/h1-14,16,25-26,30-31,45H,15,17-18H2. The van der Waals surface area contributed by atoms with Crippen molar-refractivity contribution in [2.24, 2.45) is 17.8 Å². The van der Waals surface area contributed by atoms with Crippen molar-refractivity contribution in [2.75, 3.05) is 9.80 Å². The van der Waals surface area contributed by atoms with E-state index in [0.717, 1.165) is 21.9 Å². The van der Waals surface area contributed by atoms with Crippen molar-refractivity contribution < 1.29 is 37.5 Å². The number of halogens is 3. The molecule has 4 amide bonds. The number of para-hydroxylation sites is 2. The molecular formula is C38H26Cl2FN3O7. The minimum atomic E-state index is -2.13. The Morgan fingerprint density at radius 2 is 1.53 bits per heavy atom. The van der Waals surface area contributed by atoms with E-state index in [-0.39, 0.29) is 30.0 Å². The number of carbonyl (C=O) groups excluding carboxylic acids is 4. The summed E-state index contributed by atoms with van der Waals surface area (Å²) in [4.78, 5) is 59.5. The second kappa shape index (κ2) is 11.2. The number of amides is 4. The summed E-state index contributed by atoms with van der Waals surface area (Å²) in [5.74, 6) is -6.00. The molecule has 2 aliphatic carbocycles. The predicted octanol–water partition coefficient (Wildman–Crippen LogP) is 6.49. The molecule has 13 heteroatoms. The number of benzene rings is 3. The number of nitrogens with zero attached hydrogens (tertiary/aromatic N) is 3. The molecule has 0 radical (unpaired) electrons. The van der Waals surface area contributed by atoms with Crippen LogP contribution in [0.3, 0.4) is 0 Å². The van der Waals surface area contributed by atoms with E-state index >= 15 is 0 Å². The number of hydrogen-bond acceptors (Lipinski definition) is 8. The van der Waals surface area contributed by atoms with E-state index < -0.39 is 69.5 Å². The van der Waals surface area contributed by atoms with Gasteiger partial charge in [-0.1, -0.05) is 23.8 Å². The largest absolute Gasteiger partial charge is 0.463 e. The van der Waals surface area contributed by atoms with Crippen LogP contribution in [0.5, 0.6) is 0 Å². The highest BCUT2D eigenvalue weighted by molar-refractivity contribution is 6.58. The van der Waals surface area contributed by atoms with Gasteiger partial charge in [0.25, 0.3) is 11.8 Å². The molecule has 2 aromatic heterocycles. The minimum absolute atomic E-state index is 0.0736. The number of oxazole rings is 1. The van der Waals surface area contributed by atoms with Crippen molar-refractivity contribution in [2.45, 2.75) is 35.1 Å². The fourth-order valence-electron chi connectivity index (χ4n) is 8.35. The average Bonchev–Trinajstić information content (AvgIpc) is 3.88. The highest BCUT2D eigenvalue weighted by Crippen LogP contribution is 2.66. The van der Waals surface area contributed by atoms with Crippen LogP contribution in [-0.2, 0) is 25.8 Å². The molecule has 4 heterocycles. The molecule has 9 rings (SSSR count). The Morgan fingerprint density at radius 1 is 0.824 bits per heavy atom. The van der Waals surface area contributed by atoms with Crippen LogP contribution in [0.2, 0.25) is 0 Å². The predicted molar refractivity (Wildman–Crippen MR) is 183 cm³/mol. The van der Waals surface area contributed by atoms with Crippen LogP contribution in [0.1, 0.15) is 30.3 Å². The fourth-order valence-corrected chi connectivity index (χ4v) is 9.27. The van der Waals surface area contributed by atoms with E-state index in [1.807, 2.05) is 24.3 Å².